The van der Waals surface area contributed by atoms with Crippen molar-refractivity contribution < 1.29 is 13.3 Å². The van der Waals surface area contributed by atoms with Gasteiger partial charge < -0.3 is 10.6 Å². The fourth-order valence-electron chi connectivity index (χ4n) is 3.38. The van der Waals surface area contributed by atoms with Gasteiger partial charge in [-0.15, -0.1) is 0 Å². The summed E-state index contributed by atoms with van der Waals surface area (Å²) < 4.78 is 26.7. The summed E-state index contributed by atoms with van der Waals surface area (Å²) >= 11 is 0. The van der Waals surface area contributed by atoms with Gasteiger partial charge in [-0.25, -0.2) is 18.4 Å². The smallest absolute Gasteiger partial charge is 0.334 e. The lowest BCUT2D eigenvalue weighted by atomic mass is 10.0. The Morgan fingerprint density at radius 2 is 1.38 bits per heavy atom. The number of hydrogen-bond acceptors (Lipinski definition) is 8. The summed E-state index contributed by atoms with van der Waals surface area (Å²) in [7, 11) is -3.60. The Morgan fingerprint density at radius 3 is 1.79 bits per heavy atom. The molecular formula is C23H28N6O4S. The summed E-state index contributed by atoms with van der Waals surface area (Å²) in [6.45, 7) is 8.44. The van der Waals surface area contributed by atoms with Gasteiger partial charge in [0, 0.05) is 24.5 Å². The van der Waals surface area contributed by atoms with Gasteiger partial charge in [0.2, 0.25) is 21.7 Å². The molecule has 11 heteroatoms. The molecule has 1 aromatic heterocycles. The molecule has 0 saturated heterocycles. The van der Waals surface area contributed by atoms with Crippen molar-refractivity contribution >= 4 is 38.7 Å². The highest BCUT2D eigenvalue weighted by Gasteiger charge is 2.24. The molecule has 3 rings (SSSR count). The van der Waals surface area contributed by atoms with E-state index in [9.17, 15) is 18.5 Å². The van der Waals surface area contributed by atoms with Crippen LogP contribution < -0.4 is 10.6 Å². The number of nitrogens with one attached hydrogen (secondary N) is 2. The first-order valence-electron chi connectivity index (χ1n) is 10.9. The zero-order valence-electron chi connectivity index (χ0n) is 19.5. The molecule has 0 bridgehead atoms. The second-order valence-corrected chi connectivity index (χ2v) is 9.75. The van der Waals surface area contributed by atoms with Gasteiger partial charge in [0.25, 0.3) is 0 Å². The number of rotatable bonds is 10. The molecule has 0 amide bonds. The van der Waals surface area contributed by atoms with Crippen LogP contribution >= 0.6 is 0 Å². The maximum absolute atomic E-state index is 12.7. The third-order valence-corrected chi connectivity index (χ3v) is 7.37. The summed E-state index contributed by atoms with van der Waals surface area (Å²) in [6, 6.07) is 13.6. The van der Waals surface area contributed by atoms with Gasteiger partial charge in [-0.3, -0.25) is 10.1 Å². The second-order valence-electron chi connectivity index (χ2n) is 7.82. The van der Waals surface area contributed by atoms with E-state index < -0.39 is 14.9 Å². The van der Waals surface area contributed by atoms with E-state index in [0.717, 1.165) is 5.56 Å². The van der Waals surface area contributed by atoms with E-state index in [1.807, 2.05) is 24.3 Å². The van der Waals surface area contributed by atoms with Crippen molar-refractivity contribution in [3.05, 3.63) is 70.5 Å². The van der Waals surface area contributed by atoms with Gasteiger partial charge in [0.15, 0.2) is 0 Å². The molecule has 0 unspecified atom stereocenters. The minimum atomic E-state index is -3.60. The maximum atomic E-state index is 12.7. The van der Waals surface area contributed by atoms with Crippen molar-refractivity contribution in [1.82, 2.24) is 14.3 Å². The summed E-state index contributed by atoms with van der Waals surface area (Å²) in [5, 5.41) is 17.7. The molecule has 2 N–H and O–H groups in total. The Morgan fingerprint density at radius 1 is 0.912 bits per heavy atom. The average molecular weight is 485 g/mol. The van der Waals surface area contributed by atoms with Crippen LogP contribution in [0, 0.1) is 10.1 Å². The van der Waals surface area contributed by atoms with E-state index in [1.165, 1.54) is 22.8 Å². The van der Waals surface area contributed by atoms with Crippen molar-refractivity contribution in [2.45, 2.75) is 38.5 Å². The lowest BCUT2D eigenvalue weighted by Gasteiger charge is -2.18. The summed E-state index contributed by atoms with van der Waals surface area (Å²) in [5.74, 6) is 0.396. The quantitative estimate of drug-likeness (QED) is 0.303. The molecule has 0 saturated carbocycles. The molecular weight excluding hydrogens is 456 g/mol. The first kappa shape index (κ1) is 25.1. The monoisotopic (exact) mass is 484 g/mol. The largest absolute Gasteiger partial charge is 0.353 e. The Balaban J connectivity index is 1.87. The summed E-state index contributed by atoms with van der Waals surface area (Å²) in [5.41, 5.74) is 1.93. The number of hydrogen-bond donors (Lipinski definition) is 2. The highest BCUT2D eigenvalue weighted by Crippen LogP contribution is 2.33. The van der Waals surface area contributed by atoms with Gasteiger partial charge in [0.1, 0.15) is 6.33 Å². The zero-order chi connectivity index (χ0) is 24.9. The normalized spacial score (nSPS) is 11.6. The second kappa shape index (κ2) is 10.6. The minimum Gasteiger partial charge on any atom is -0.334 e. The molecule has 0 aliphatic rings. The fourth-order valence-corrected chi connectivity index (χ4v) is 4.84. The number of nitrogens with zero attached hydrogens (tertiary/aromatic N) is 4. The first-order valence-corrected chi connectivity index (χ1v) is 12.3. The molecule has 0 fully saturated rings. The predicted octanol–water partition coefficient (Wildman–Crippen LogP) is 5.03. The standard InChI is InChI=1S/C23H28N6O4S/c1-5-28(6-2)34(32,33)20-13-11-19(12-14-20)27-23-21(29(30)31)22(24-15-25-23)26-18-9-7-17(8-10-18)16(3)4/h7-16H,5-6H2,1-4H3,(H2,24,25,26,27). The van der Waals surface area contributed by atoms with Crippen LogP contribution in [0.25, 0.3) is 0 Å². The highest BCUT2D eigenvalue weighted by molar-refractivity contribution is 7.89. The molecule has 3 aromatic rings. The molecule has 180 valence electrons. The Hall–Kier alpha value is -3.57. The van der Waals surface area contributed by atoms with E-state index in [1.54, 1.807) is 26.0 Å². The molecule has 0 aliphatic carbocycles. The third-order valence-electron chi connectivity index (χ3n) is 5.31. The third kappa shape index (κ3) is 5.49. The van der Waals surface area contributed by atoms with Crippen LogP contribution in [0.2, 0.25) is 0 Å². The highest BCUT2D eigenvalue weighted by atomic mass is 32.2. The van der Waals surface area contributed by atoms with Crippen molar-refractivity contribution in [3.8, 4) is 0 Å². The van der Waals surface area contributed by atoms with Gasteiger partial charge in [0.05, 0.1) is 9.82 Å². The van der Waals surface area contributed by atoms with Crippen LogP contribution in [0.5, 0.6) is 0 Å². The molecule has 0 spiro atoms. The molecule has 0 atom stereocenters. The van der Waals surface area contributed by atoms with Crippen molar-refractivity contribution in [2.24, 2.45) is 0 Å². The Kier molecular flexibility index (Phi) is 7.79. The first-order chi connectivity index (χ1) is 16.2. The van der Waals surface area contributed by atoms with Crippen LogP contribution in [0.4, 0.5) is 28.7 Å². The molecule has 0 aliphatic heterocycles. The Bertz CT molecular complexity index is 1240. The maximum Gasteiger partial charge on any atom is 0.353 e. The van der Waals surface area contributed by atoms with Crippen molar-refractivity contribution in [3.63, 3.8) is 0 Å². The Labute approximate surface area is 199 Å². The number of sulfonamides is 1. The topological polar surface area (TPSA) is 130 Å². The van der Waals surface area contributed by atoms with Crippen LogP contribution in [0.15, 0.2) is 59.8 Å². The fraction of sp³-hybridized carbons (Fsp3) is 0.304. The molecule has 1 heterocycles. The SMILES string of the molecule is CCN(CC)S(=O)(=O)c1ccc(Nc2ncnc(Nc3ccc(C(C)C)cc3)c2[N+](=O)[O-])cc1. The van der Waals surface area contributed by atoms with Gasteiger partial charge >= 0.3 is 5.69 Å². The van der Waals surface area contributed by atoms with Gasteiger partial charge in [-0.05, 0) is 47.9 Å². The van der Waals surface area contributed by atoms with Crippen LogP contribution in [-0.4, -0.2) is 40.7 Å². The molecule has 34 heavy (non-hydrogen) atoms. The van der Waals surface area contributed by atoms with Gasteiger partial charge in [-0.2, -0.15) is 4.31 Å². The summed E-state index contributed by atoms with van der Waals surface area (Å²) in [6.07, 6.45) is 1.22. The summed E-state index contributed by atoms with van der Waals surface area (Å²) in [4.78, 5) is 19.5. The van der Waals surface area contributed by atoms with Crippen molar-refractivity contribution in [2.75, 3.05) is 23.7 Å². The van der Waals surface area contributed by atoms with Crippen LogP contribution in [-0.2, 0) is 10.0 Å². The zero-order valence-corrected chi connectivity index (χ0v) is 20.3. The minimum absolute atomic E-state index is 0.0133. The predicted molar refractivity (Wildman–Crippen MR) is 132 cm³/mol. The van der Waals surface area contributed by atoms with E-state index in [0.29, 0.717) is 30.4 Å². The van der Waals surface area contributed by atoms with Crippen LogP contribution in [0.1, 0.15) is 39.2 Å². The lowest BCUT2D eigenvalue weighted by Crippen LogP contribution is -2.30. The lowest BCUT2D eigenvalue weighted by molar-refractivity contribution is -0.383. The van der Waals surface area contributed by atoms with Gasteiger partial charge in [-0.1, -0.05) is 39.8 Å². The van der Waals surface area contributed by atoms with E-state index in [2.05, 4.69) is 34.4 Å². The molecule has 10 nitrogen and oxygen atoms in total. The van der Waals surface area contributed by atoms with Crippen molar-refractivity contribution in [1.29, 1.82) is 0 Å². The number of benzene rings is 2. The van der Waals surface area contributed by atoms with E-state index >= 15 is 0 Å². The number of anilines is 4. The number of aromatic nitrogens is 2. The number of nitro groups is 1. The molecule has 0 radical (unpaired) electrons. The molecule has 2 aromatic carbocycles. The van der Waals surface area contributed by atoms with E-state index in [-0.39, 0.29) is 22.2 Å². The van der Waals surface area contributed by atoms with Crippen LogP contribution in [0.3, 0.4) is 0 Å². The average Bonchev–Trinajstić information content (AvgIpc) is 2.80. The van der Waals surface area contributed by atoms with E-state index in [4.69, 9.17) is 0 Å².